The van der Waals surface area contributed by atoms with Crippen molar-refractivity contribution < 1.29 is 8.42 Å². The quantitative estimate of drug-likeness (QED) is 0.621. The standard InChI is InChI=1S/C15H25N3O2S/c1-5-9-17-15(16-6-2)18-11-13-7-8-14(12(3)10-13)21(4,19)20/h7-8,10H,5-6,9,11H2,1-4H3,(H2,16,17,18). The lowest BCUT2D eigenvalue weighted by Gasteiger charge is -2.11. The number of sulfone groups is 1. The number of benzene rings is 1. The lowest BCUT2D eigenvalue weighted by atomic mass is 10.1. The van der Waals surface area contributed by atoms with Gasteiger partial charge in [-0.1, -0.05) is 19.1 Å². The molecule has 0 amide bonds. The molecular weight excluding hydrogens is 286 g/mol. The van der Waals surface area contributed by atoms with Crippen LogP contribution in [-0.2, 0) is 16.4 Å². The second kappa shape index (κ2) is 8.02. The van der Waals surface area contributed by atoms with E-state index in [0.717, 1.165) is 36.6 Å². The minimum atomic E-state index is -3.16. The number of aliphatic imine (C=N–C) groups is 1. The highest BCUT2D eigenvalue weighted by Gasteiger charge is 2.10. The molecule has 0 spiro atoms. The van der Waals surface area contributed by atoms with E-state index < -0.39 is 9.84 Å². The van der Waals surface area contributed by atoms with Crippen molar-refractivity contribution in [2.24, 2.45) is 4.99 Å². The number of hydrogen-bond acceptors (Lipinski definition) is 3. The molecule has 1 aromatic rings. The van der Waals surface area contributed by atoms with Crippen LogP contribution in [0.3, 0.4) is 0 Å². The Kier molecular flexibility index (Phi) is 6.68. The SMILES string of the molecule is CCCNC(=NCc1ccc(S(C)(=O)=O)c(C)c1)NCC. The fraction of sp³-hybridized carbons (Fsp3) is 0.533. The highest BCUT2D eigenvalue weighted by molar-refractivity contribution is 7.90. The van der Waals surface area contributed by atoms with Crippen LogP contribution in [0.1, 0.15) is 31.4 Å². The summed E-state index contributed by atoms with van der Waals surface area (Å²) >= 11 is 0. The number of hydrogen-bond donors (Lipinski definition) is 2. The molecule has 1 rings (SSSR count). The summed E-state index contributed by atoms with van der Waals surface area (Å²) in [7, 11) is -3.16. The maximum Gasteiger partial charge on any atom is 0.191 e. The average molecular weight is 311 g/mol. The van der Waals surface area contributed by atoms with Crippen molar-refractivity contribution in [1.29, 1.82) is 0 Å². The Hall–Kier alpha value is -1.56. The van der Waals surface area contributed by atoms with Crippen molar-refractivity contribution in [2.75, 3.05) is 19.3 Å². The number of nitrogens with zero attached hydrogens (tertiary/aromatic N) is 1. The summed E-state index contributed by atoms with van der Waals surface area (Å²) < 4.78 is 23.2. The summed E-state index contributed by atoms with van der Waals surface area (Å²) in [5.74, 6) is 0.782. The summed E-state index contributed by atoms with van der Waals surface area (Å²) in [4.78, 5) is 4.88. The van der Waals surface area contributed by atoms with Crippen LogP contribution < -0.4 is 10.6 Å². The molecule has 0 aromatic heterocycles. The third-order valence-electron chi connectivity index (χ3n) is 2.95. The highest BCUT2D eigenvalue weighted by Crippen LogP contribution is 2.17. The molecule has 0 radical (unpaired) electrons. The summed E-state index contributed by atoms with van der Waals surface area (Å²) in [5.41, 5.74) is 1.75. The molecule has 118 valence electrons. The molecule has 0 saturated heterocycles. The number of nitrogens with one attached hydrogen (secondary N) is 2. The van der Waals surface area contributed by atoms with Crippen LogP contribution in [0.4, 0.5) is 0 Å². The number of rotatable bonds is 6. The second-order valence-electron chi connectivity index (χ2n) is 4.99. The van der Waals surface area contributed by atoms with Crippen molar-refractivity contribution in [3.63, 3.8) is 0 Å². The first-order valence-electron chi connectivity index (χ1n) is 7.20. The third kappa shape index (κ3) is 5.75. The fourth-order valence-electron chi connectivity index (χ4n) is 1.98. The smallest absolute Gasteiger partial charge is 0.191 e. The first-order valence-corrected chi connectivity index (χ1v) is 9.09. The highest BCUT2D eigenvalue weighted by atomic mass is 32.2. The van der Waals surface area contributed by atoms with Crippen LogP contribution in [-0.4, -0.2) is 33.7 Å². The lowest BCUT2D eigenvalue weighted by Crippen LogP contribution is -2.37. The topological polar surface area (TPSA) is 70.6 Å². The minimum Gasteiger partial charge on any atom is -0.357 e. The molecular formula is C15H25N3O2S. The van der Waals surface area contributed by atoms with Gasteiger partial charge in [-0.05, 0) is 37.5 Å². The summed E-state index contributed by atoms with van der Waals surface area (Å²) in [6.45, 7) is 8.13. The number of guanidine groups is 1. The normalized spacial score (nSPS) is 12.3. The van der Waals surface area contributed by atoms with E-state index in [-0.39, 0.29) is 0 Å². The van der Waals surface area contributed by atoms with Crippen LogP contribution in [0, 0.1) is 6.92 Å². The van der Waals surface area contributed by atoms with E-state index in [2.05, 4.69) is 22.5 Å². The van der Waals surface area contributed by atoms with Crippen LogP contribution in [0.25, 0.3) is 0 Å². The fourth-order valence-corrected chi connectivity index (χ4v) is 2.94. The van der Waals surface area contributed by atoms with Gasteiger partial charge in [0.05, 0.1) is 11.4 Å². The van der Waals surface area contributed by atoms with E-state index in [0.29, 0.717) is 11.4 Å². The molecule has 0 unspecified atom stereocenters. The monoisotopic (exact) mass is 311 g/mol. The molecule has 0 atom stereocenters. The summed E-state index contributed by atoms with van der Waals surface area (Å²) in [6.07, 6.45) is 2.26. The van der Waals surface area contributed by atoms with E-state index >= 15 is 0 Å². The second-order valence-corrected chi connectivity index (χ2v) is 6.98. The van der Waals surface area contributed by atoms with Gasteiger partial charge in [-0.25, -0.2) is 13.4 Å². The first kappa shape index (κ1) is 17.5. The van der Waals surface area contributed by atoms with Crippen molar-refractivity contribution in [2.45, 2.75) is 38.6 Å². The van der Waals surface area contributed by atoms with Gasteiger partial charge in [-0.15, -0.1) is 0 Å². The third-order valence-corrected chi connectivity index (χ3v) is 4.20. The Morgan fingerprint density at radius 2 is 1.95 bits per heavy atom. The van der Waals surface area contributed by atoms with Crippen molar-refractivity contribution >= 4 is 15.8 Å². The molecule has 0 aliphatic carbocycles. The van der Waals surface area contributed by atoms with E-state index in [4.69, 9.17) is 0 Å². The molecule has 2 N–H and O–H groups in total. The largest absolute Gasteiger partial charge is 0.357 e. The molecule has 5 nitrogen and oxygen atoms in total. The predicted octanol–water partition coefficient (Wildman–Crippen LogP) is 1.86. The molecule has 0 bridgehead atoms. The zero-order valence-corrected chi connectivity index (χ0v) is 14.0. The molecule has 0 fully saturated rings. The minimum absolute atomic E-state index is 0.381. The van der Waals surface area contributed by atoms with Crippen LogP contribution >= 0.6 is 0 Å². The van der Waals surface area contributed by atoms with Gasteiger partial charge in [0, 0.05) is 19.3 Å². The number of aryl methyl sites for hydroxylation is 1. The zero-order valence-electron chi connectivity index (χ0n) is 13.2. The van der Waals surface area contributed by atoms with Gasteiger partial charge in [-0.3, -0.25) is 0 Å². The van der Waals surface area contributed by atoms with Gasteiger partial charge in [0.15, 0.2) is 15.8 Å². The molecule has 6 heteroatoms. The van der Waals surface area contributed by atoms with Crippen LogP contribution in [0.5, 0.6) is 0 Å². The Morgan fingerprint density at radius 1 is 1.24 bits per heavy atom. The molecule has 0 aliphatic rings. The van der Waals surface area contributed by atoms with Gasteiger partial charge in [-0.2, -0.15) is 0 Å². The molecule has 0 heterocycles. The predicted molar refractivity (Wildman–Crippen MR) is 87.4 cm³/mol. The maximum atomic E-state index is 11.6. The summed E-state index contributed by atoms with van der Waals surface area (Å²) in [5, 5.41) is 6.41. The Bertz CT molecular complexity index is 595. The van der Waals surface area contributed by atoms with Crippen molar-refractivity contribution in [1.82, 2.24) is 10.6 Å². The summed E-state index contributed by atoms with van der Waals surface area (Å²) in [6, 6.07) is 5.35. The molecule has 0 saturated carbocycles. The zero-order chi connectivity index (χ0) is 15.9. The Morgan fingerprint density at radius 3 is 2.48 bits per heavy atom. The van der Waals surface area contributed by atoms with Gasteiger partial charge >= 0.3 is 0 Å². The Balaban J connectivity index is 2.85. The van der Waals surface area contributed by atoms with Crippen molar-refractivity contribution in [3.05, 3.63) is 29.3 Å². The first-order chi connectivity index (χ1) is 9.88. The van der Waals surface area contributed by atoms with Gasteiger partial charge in [0.1, 0.15) is 0 Å². The van der Waals surface area contributed by atoms with Crippen molar-refractivity contribution in [3.8, 4) is 0 Å². The van der Waals surface area contributed by atoms with Crippen LogP contribution in [0.15, 0.2) is 28.1 Å². The van der Waals surface area contributed by atoms with E-state index in [1.54, 1.807) is 6.07 Å². The average Bonchev–Trinajstić information content (AvgIpc) is 2.40. The van der Waals surface area contributed by atoms with Gasteiger partial charge < -0.3 is 10.6 Å². The van der Waals surface area contributed by atoms with Crippen LogP contribution in [0.2, 0.25) is 0 Å². The maximum absolute atomic E-state index is 11.6. The Labute approximate surface area is 127 Å². The molecule has 1 aromatic carbocycles. The lowest BCUT2D eigenvalue weighted by molar-refractivity contribution is 0.601. The molecule has 0 aliphatic heterocycles. The van der Waals surface area contributed by atoms with Gasteiger partial charge in [0.2, 0.25) is 0 Å². The van der Waals surface area contributed by atoms with E-state index in [1.165, 1.54) is 6.26 Å². The van der Waals surface area contributed by atoms with Gasteiger partial charge in [0.25, 0.3) is 0 Å². The molecule has 21 heavy (non-hydrogen) atoms. The van der Waals surface area contributed by atoms with E-state index in [1.807, 2.05) is 26.0 Å². The van der Waals surface area contributed by atoms with E-state index in [9.17, 15) is 8.42 Å².